The Hall–Kier alpha value is -2.89. The molecule has 1 amide bonds. The Morgan fingerprint density at radius 3 is 2.52 bits per heavy atom. The largest absolute Gasteiger partial charge is 0.350 e. The van der Waals surface area contributed by atoms with Crippen molar-refractivity contribution in [3.63, 3.8) is 0 Å². The minimum atomic E-state index is -0.144. The summed E-state index contributed by atoms with van der Waals surface area (Å²) < 4.78 is 1.83. The second-order valence-electron chi connectivity index (χ2n) is 7.31. The van der Waals surface area contributed by atoms with Crippen LogP contribution >= 0.6 is 0 Å². The number of H-pyrrole nitrogens is 1. The van der Waals surface area contributed by atoms with E-state index in [0.29, 0.717) is 18.2 Å². The standard InChI is InChI=1S/C21H27N5O/c1-13(2)17(16-9-7-6-8-10-16)12-22-21(27)19-11-18(23-24-19)20-14(3)25-26(5)15(20)4/h6-11,13,17H,12H2,1-5H3,(H,22,27)(H,23,24). The van der Waals surface area contributed by atoms with E-state index in [0.717, 1.165) is 22.6 Å². The van der Waals surface area contributed by atoms with Gasteiger partial charge in [0.2, 0.25) is 0 Å². The molecule has 3 rings (SSSR count). The van der Waals surface area contributed by atoms with E-state index >= 15 is 0 Å². The molecule has 0 saturated heterocycles. The average molecular weight is 365 g/mol. The van der Waals surface area contributed by atoms with Gasteiger partial charge in [-0.1, -0.05) is 44.2 Å². The van der Waals surface area contributed by atoms with Crippen LogP contribution in [-0.4, -0.2) is 32.4 Å². The van der Waals surface area contributed by atoms with Crippen molar-refractivity contribution in [3.8, 4) is 11.3 Å². The Morgan fingerprint density at radius 1 is 1.22 bits per heavy atom. The van der Waals surface area contributed by atoms with Gasteiger partial charge in [-0.25, -0.2) is 0 Å². The number of hydrogen-bond acceptors (Lipinski definition) is 3. The minimum absolute atomic E-state index is 0.144. The summed E-state index contributed by atoms with van der Waals surface area (Å²) in [6.45, 7) is 8.87. The second kappa shape index (κ2) is 7.78. The van der Waals surface area contributed by atoms with Gasteiger partial charge in [0, 0.05) is 30.8 Å². The Kier molecular flexibility index (Phi) is 5.44. The fourth-order valence-corrected chi connectivity index (χ4v) is 3.45. The van der Waals surface area contributed by atoms with Crippen LogP contribution in [0.4, 0.5) is 0 Å². The van der Waals surface area contributed by atoms with Crippen LogP contribution in [0.3, 0.4) is 0 Å². The zero-order chi connectivity index (χ0) is 19.6. The number of hydrogen-bond donors (Lipinski definition) is 2. The molecule has 2 heterocycles. The van der Waals surface area contributed by atoms with Crippen molar-refractivity contribution in [1.29, 1.82) is 0 Å². The highest BCUT2D eigenvalue weighted by Crippen LogP contribution is 2.26. The lowest BCUT2D eigenvalue weighted by atomic mass is 9.88. The predicted molar refractivity (Wildman–Crippen MR) is 107 cm³/mol. The van der Waals surface area contributed by atoms with Crippen LogP contribution in [0.25, 0.3) is 11.3 Å². The van der Waals surface area contributed by atoms with E-state index in [1.807, 2.05) is 43.8 Å². The Labute approximate surface area is 160 Å². The van der Waals surface area contributed by atoms with Crippen LogP contribution in [-0.2, 0) is 7.05 Å². The van der Waals surface area contributed by atoms with E-state index in [2.05, 4.69) is 46.6 Å². The highest BCUT2D eigenvalue weighted by atomic mass is 16.1. The first-order chi connectivity index (χ1) is 12.9. The maximum Gasteiger partial charge on any atom is 0.269 e. The quantitative estimate of drug-likeness (QED) is 0.701. The minimum Gasteiger partial charge on any atom is -0.350 e. The summed E-state index contributed by atoms with van der Waals surface area (Å²) in [6, 6.07) is 12.1. The van der Waals surface area contributed by atoms with E-state index in [4.69, 9.17) is 0 Å². The molecule has 142 valence electrons. The summed E-state index contributed by atoms with van der Waals surface area (Å²) in [5.74, 6) is 0.542. The van der Waals surface area contributed by atoms with Crippen LogP contribution in [0.15, 0.2) is 36.4 Å². The maximum absolute atomic E-state index is 12.6. The van der Waals surface area contributed by atoms with E-state index in [1.54, 1.807) is 6.07 Å². The third-order valence-electron chi connectivity index (χ3n) is 5.10. The van der Waals surface area contributed by atoms with Crippen LogP contribution in [0.5, 0.6) is 0 Å². The summed E-state index contributed by atoms with van der Waals surface area (Å²) in [4.78, 5) is 12.6. The number of amides is 1. The number of nitrogens with zero attached hydrogens (tertiary/aromatic N) is 3. The van der Waals surface area contributed by atoms with Gasteiger partial charge in [-0.2, -0.15) is 10.2 Å². The molecule has 27 heavy (non-hydrogen) atoms. The number of benzene rings is 1. The predicted octanol–water partition coefficient (Wildman–Crippen LogP) is 3.60. The normalized spacial score (nSPS) is 12.4. The third-order valence-corrected chi connectivity index (χ3v) is 5.10. The molecule has 6 nitrogen and oxygen atoms in total. The van der Waals surface area contributed by atoms with Gasteiger partial charge in [-0.05, 0) is 31.4 Å². The van der Waals surface area contributed by atoms with Crippen LogP contribution in [0.2, 0.25) is 0 Å². The lowest BCUT2D eigenvalue weighted by Gasteiger charge is -2.21. The number of carbonyl (C=O) groups is 1. The van der Waals surface area contributed by atoms with Crippen LogP contribution in [0, 0.1) is 19.8 Å². The van der Waals surface area contributed by atoms with Gasteiger partial charge in [-0.3, -0.25) is 14.6 Å². The SMILES string of the molecule is Cc1nn(C)c(C)c1-c1cc(C(=O)NCC(c2ccccc2)C(C)C)[nH]n1. The Bertz CT molecular complexity index is 923. The number of aryl methyl sites for hydroxylation is 2. The van der Waals surface area contributed by atoms with Gasteiger partial charge in [-0.15, -0.1) is 0 Å². The molecule has 2 N–H and O–H groups in total. The van der Waals surface area contributed by atoms with E-state index in [-0.39, 0.29) is 11.8 Å². The van der Waals surface area contributed by atoms with Crippen molar-refractivity contribution in [2.45, 2.75) is 33.6 Å². The first kappa shape index (κ1) is 18.9. The zero-order valence-corrected chi connectivity index (χ0v) is 16.6. The molecule has 0 radical (unpaired) electrons. The number of aromatic amines is 1. The van der Waals surface area contributed by atoms with Gasteiger partial charge in [0.05, 0.1) is 11.4 Å². The van der Waals surface area contributed by atoms with Crippen molar-refractivity contribution in [2.75, 3.05) is 6.54 Å². The maximum atomic E-state index is 12.6. The first-order valence-corrected chi connectivity index (χ1v) is 9.27. The Balaban J connectivity index is 1.73. The third kappa shape index (κ3) is 3.94. The fourth-order valence-electron chi connectivity index (χ4n) is 3.45. The molecule has 0 aliphatic heterocycles. The lowest BCUT2D eigenvalue weighted by molar-refractivity contribution is 0.0944. The molecule has 0 aliphatic rings. The van der Waals surface area contributed by atoms with E-state index < -0.39 is 0 Å². The molecule has 1 unspecified atom stereocenters. The average Bonchev–Trinajstić information content (AvgIpc) is 3.20. The van der Waals surface area contributed by atoms with Crippen molar-refractivity contribution >= 4 is 5.91 Å². The van der Waals surface area contributed by atoms with Crippen molar-refractivity contribution < 1.29 is 4.79 Å². The number of nitrogens with one attached hydrogen (secondary N) is 2. The van der Waals surface area contributed by atoms with Crippen molar-refractivity contribution in [3.05, 3.63) is 59.0 Å². The second-order valence-corrected chi connectivity index (χ2v) is 7.31. The molecular weight excluding hydrogens is 338 g/mol. The highest BCUT2D eigenvalue weighted by molar-refractivity contribution is 5.93. The van der Waals surface area contributed by atoms with Crippen LogP contribution in [0.1, 0.15) is 47.2 Å². The number of carbonyl (C=O) groups excluding carboxylic acids is 1. The van der Waals surface area contributed by atoms with Gasteiger partial charge < -0.3 is 5.32 Å². The Morgan fingerprint density at radius 2 is 1.93 bits per heavy atom. The van der Waals surface area contributed by atoms with E-state index in [9.17, 15) is 4.79 Å². The van der Waals surface area contributed by atoms with E-state index in [1.165, 1.54) is 5.56 Å². The molecule has 1 atom stereocenters. The summed E-state index contributed by atoms with van der Waals surface area (Å²) in [5, 5.41) is 14.6. The summed E-state index contributed by atoms with van der Waals surface area (Å²) in [7, 11) is 1.90. The van der Waals surface area contributed by atoms with Gasteiger partial charge in [0.15, 0.2) is 0 Å². The molecule has 0 saturated carbocycles. The van der Waals surface area contributed by atoms with Crippen molar-refractivity contribution in [2.24, 2.45) is 13.0 Å². The summed E-state index contributed by atoms with van der Waals surface area (Å²) in [6.07, 6.45) is 0. The van der Waals surface area contributed by atoms with Gasteiger partial charge >= 0.3 is 0 Å². The smallest absolute Gasteiger partial charge is 0.269 e. The zero-order valence-electron chi connectivity index (χ0n) is 16.6. The summed E-state index contributed by atoms with van der Waals surface area (Å²) in [5.41, 5.74) is 5.33. The number of rotatable bonds is 6. The monoisotopic (exact) mass is 365 g/mol. The van der Waals surface area contributed by atoms with Crippen molar-refractivity contribution in [1.82, 2.24) is 25.3 Å². The summed E-state index contributed by atoms with van der Waals surface area (Å²) >= 11 is 0. The molecule has 1 aromatic carbocycles. The van der Waals surface area contributed by atoms with Gasteiger partial charge in [0.1, 0.15) is 5.69 Å². The molecule has 0 aliphatic carbocycles. The fraction of sp³-hybridized carbons (Fsp3) is 0.381. The topological polar surface area (TPSA) is 75.6 Å². The number of aromatic nitrogens is 4. The van der Waals surface area contributed by atoms with Gasteiger partial charge in [0.25, 0.3) is 5.91 Å². The molecule has 0 spiro atoms. The highest BCUT2D eigenvalue weighted by Gasteiger charge is 2.20. The van der Waals surface area contributed by atoms with Crippen LogP contribution < -0.4 is 5.32 Å². The molecular formula is C21H27N5O. The molecule has 3 aromatic rings. The molecule has 2 aromatic heterocycles. The lowest BCUT2D eigenvalue weighted by Crippen LogP contribution is -2.30. The molecule has 0 bridgehead atoms. The molecule has 6 heteroatoms. The molecule has 0 fully saturated rings. The first-order valence-electron chi connectivity index (χ1n) is 9.27.